The first-order chi connectivity index (χ1) is 16.2. The molecule has 1 aromatic heterocycles. The summed E-state index contributed by atoms with van der Waals surface area (Å²) in [7, 11) is 0. The zero-order valence-electron chi connectivity index (χ0n) is 19.8. The fraction of sp³-hybridized carbons (Fsp3) is 0.609. The van der Waals surface area contributed by atoms with Crippen LogP contribution in [0.4, 0.5) is 9.80 Å². The molecule has 1 saturated carbocycles. The highest BCUT2D eigenvalue weighted by molar-refractivity contribution is 7.16. The number of thiophene rings is 1. The van der Waals surface area contributed by atoms with E-state index in [1.54, 1.807) is 6.92 Å². The number of carbonyl (C=O) groups excluding carboxylic acids is 5. The summed E-state index contributed by atoms with van der Waals surface area (Å²) in [6.07, 6.45) is 4.38. The zero-order valence-corrected chi connectivity index (χ0v) is 20.6. The molecule has 2 fully saturated rings. The van der Waals surface area contributed by atoms with Gasteiger partial charge in [0.15, 0.2) is 6.61 Å². The molecule has 10 nitrogen and oxygen atoms in total. The topological polar surface area (TPSA) is 131 Å². The molecule has 0 radical (unpaired) electrons. The van der Waals surface area contributed by atoms with Gasteiger partial charge in [-0.05, 0) is 38.7 Å². The molecule has 2 N–H and O–H groups in total. The van der Waals surface area contributed by atoms with Gasteiger partial charge >= 0.3 is 18.0 Å². The van der Waals surface area contributed by atoms with Gasteiger partial charge in [0.05, 0.1) is 18.6 Å². The molecule has 1 aliphatic heterocycles. The number of hydrogen-bond acceptors (Lipinski definition) is 8. The average molecular weight is 494 g/mol. The number of ether oxygens (including phenoxy) is 2. The van der Waals surface area contributed by atoms with E-state index in [4.69, 9.17) is 9.47 Å². The lowest BCUT2D eigenvalue weighted by molar-refractivity contribution is -0.147. The molecule has 11 heteroatoms. The summed E-state index contributed by atoms with van der Waals surface area (Å²) in [4.78, 5) is 63.9. The molecule has 1 aromatic rings. The number of urea groups is 1. The van der Waals surface area contributed by atoms with E-state index in [0.717, 1.165) is 34.6 Å². The molecule has 2 heterocycles. The van der Waals surface area contributed by atoms with E-state index in [2.05, 4.69) is 10.6 Å². The Morgan fingerprint density at radius 3 is 2.47 bits per heavy atom. The lowest BCUT2D eigenvalue weighted by Crippen LogP contribution is -2.48. The monoisotopic (exact) mass is 493 g/mol. The summed E-state index contributed by atoms with van der Waals surface area (Å²) >= 11 is 1.26. The van der Waals surface area contributed by atoms with Crippen LogP contribution >= 0.6 is 11.3 Å². The van der Waals surface area contributed by atoms with Crippen LogP contribution in [0.1, 0.15) is 73.2 Å². The van der Waals surface area contributed by atoms with Crippen molar-refractivity contribution < 1.29 is 33.4 Å². The van der Waals surface area contributed by atoms with Crippen LogP contribution in [0.25, 0.3) is 0 Å². The summed E-state index contributed by atoms with van der Waals surface area (Å²) in [6, 6.07) is -0.497. The Labute approximate surface area is 202 Å². The lowest BCUT2D eigenvalue weighted by Gasteiger charge is -2.30. The van der Waals surface area contributed by atoms with Gasteiger partial charge in [0, 0.05) is 11.4 Å². The molecule has 3 rings (SSSR count). The van der Waals surface area contributed by atoms with Crippen LogP contribution < -0.4 is 10.6 Å². The number of rotatable bonds is 9. The van der Waals surface area contributed by atoms with Crippen LogP contribution in [0, 0.1) is 6.92 Å². The normalized spacial score (nSPS) is 17.0. The van der Waals surface area contributed by atoms with Gasteiger partial charge in [0.2, 0.25) is 0 Å². The Hall–Kier alpha value is -2.95. The molecule has 34 heavy (non-hydrogen) atoms. The lowest BCUT2D eigenvalue weighted by atomic mass is 9.82. The van der Waals surface area contributed by atoms with E-state index in [9.17, 15) is 24.0 Å². The fourth-order valence-electron chi connectivity index (χ4n) is 4.47. The van der Waals surface area contributed by atoms with Gasteiger partial charge in [0.1, 0.15) is 10.5 Å². The van der Waals surface area contributed by atoms with E-state index in [1.165, 1.54) is 11.3 Å². The molecule has 1 saturated heterocycles. The van der Waals surface area contributed by atoms with Gasteiger partial charge in [-0.25, -0.2) is 9.59 Å². The number of amides is 4. The number of esters is 2. The predicted molar refractivity (Wildman–Crippen MR) is 125 cm³/mol. The predicted octanol–water partition coefficient (Wildman–Crippen LogP) is 2.92. The van der Waals surface area contributed by atoms with Gasteiger partial charge in [0.25, 0.3) is 11.8 Å². The first-order valence-corrected chi connectivity index (χ1v) is 12.4. The maximum absolute atomic E-state index is 12.8. The first kappa shape index (κ1) is 25.7. The SMILES string of the molecule is CCOC(=O)c1c(NC(=O)COC(=O)CCN2C(=O)NC3(CCCCC3)C2=O)sc(C)c1CC. The maximum atomic E-state index is 12.8. The van der Waals surface area contributed by atoms with Crippen LogP contribution in [-0.2, 0) is 30.3 Å². The van der Waals surface area contributed by atoms with E-state index in [0.29, 0.717) is 29.8 Å². The minimum Gasteiger partial charge on any atom is -0.462 e. The second-order valence-corrected chi connectivity index (χ2v) is 9.63. The van der Waals surface area contributed by atoms with Crippen LogP contribution in [-0.4, -0.2) is 60.0 Å². The summed E-state index contributed by atoms with van der Waals surface area (Å²) in [6.45, 7) is 5.02. The maximum Gasteiger partial charge on any atom is 0.341 e. The number of hydrogen-bond donors (Lipinski definition) is 2. The Balaban J connectivity index is 1.51. The molecule has 1 aliphatic carbocycles. The molecule has 0 unspecified atom stereocenters. The summed E-state index contributed by atoms with van der Waals surface area (Å²) in [5.74, 6) is -2.11. The first-order valence-electron chi connectivity index (χ1n) is 11.6. The molecule has 1 spiro atoms. The van der Waals surface area contributed by atoms with Gasteiger partial charge in [-0.3, -0.25) is 19.3 Å². The second kappa shape index (κ2) is 11.0. The molecule has 0 aromatic carbocycles. The van der Waals surface area contributed by atoms with Crippen molar-refractivity contribution in [2.75, 3.05) is 25.1 Å². The van der Waals surface area contributed by atoms with Crippen LogP contribution in [0.2, 0.25) is 0 Å². The number of nitrogens with zero attached hydrogens (tertiary/aromatic N) is 1. The smallest absolute Gasteiger partial charge is 0.341 e. The van der Waals surface area contributed by atoms with E-state index in [1.807, 2.05) is 13.8 Å². The molecule has 186 valence electrons. The minimum absolute atomic E-state index is 0.107. The fourth-order valence-corrected chi connectivity index (χ4v) is 5.62. The standard InChI is InChI=1S/C23H31N3O7S/c1-4-15-14(3)34-19(18(15)20(29)32-5-2)24-16(27)13-33-17(28)9-12-26-21(30)23(25-22(26)31)10-7-6-8-11-23/h4-13H2,1-3H3,(H,24,27)(H,25,31). The van der Waals surface area contributed by atoms with Crippen molar-refractivity contribution >= 4 is 46.1 Å². The van der Waals surface area contributed by atoms with Crippen molar-refractivity contribution in [2.24, 2.45) is 0 Å². The van der Waals surface area contributed by atoms with Gasteiger partial charge in [-0.1, -0.05) is 26.2 Å². The van der Waals surface area contributed by atoms with Gasteiger partial charge in [-0.2, -0.15) is 0 Å². The summed E-state index contributed by atoms with van der Waals surface area (Å²) in [5.41, 5.74) is 0.285. The van der Waals surface area contributed by atoms with Crippen LogP contribution in [0.3, 0.4) is 0 Å². The van der Waals surface area contributed by atoms with Crippen molar-refractivity contribution in [1.29, 1.82) is 0 Å². The molecule has 4 amide bonds. The number of nitrogens with one attached hydrogen (secondary N) is 2. The zero-order chi connectivity index (χ0) is 24.9. The third kappa shape index (κ3) is 5.40. The highest BCUT2D eigenvalue weighted by Gasteiger charge is 2.51. The van der Waals surface area contributed by atoms with Crippen molar-refractivity contribution in [3.63, 3.8) is 0 Å². The van der Waals surface area contributed by atoms with Crippen molar-refractivity contribution in [1.82, 2.24) is 10.2 Å². The van der Waals surface area contributed by atoms with E-state index in [-0.39, 0.29) is 25.5 Å². The quantitative estimate of drug-likeness (QED) is 0.399. The van der Waals surface area contributed by atoms with E-state index < -0.39 is 36.0 Å². The van der Waals surface area contributed by atoms with Crippen LogP contribution in [0.15, 0.2) is 0 Å². The third-order valence-electron chi connectivity index (χ3n) is 6.15. The average Bonchev–Trinajstić information content (AvgIpc) is 3.23. The van der Waals surface area contributed by atoms with Gasteiger partial charge in [-0.15, -0.1) is 11.3 Å². The highest BCUT2D eigenvalue weighted by atomic mass is 32.1. The molecule has 0 bridgehead atoms. The van der Waals surface area contributed by atoms with Crippen molar-refractivity contribution in [3.8, 4) is 0 Å². The van der Waals surface area contributed by atoms with Gasteiger partial charge < -0.3 is 20.1 Å². The van der Waals surface area contributed by atoms with Crippen molar-refractivity contribution in [2.45, 2.75) is 71.3 Å². The summed E-state index contributed by atoms with van der Waals surface area (Å²) in [5, 5.41) is 5.77. The number of carbonyl (C=O) groups is 5. The largest absolute Gasteiger partial charge is 0.462 e. The molecular weight excluding hydrogens is 462 g/mol. The Kier molecular flexibility index (Phi) is 8.29. The Morgan fingerprint density at radius 2 is 1.82 bits per heavy atom. The van der Waals surface area contributed by atoms with Crippen LogP contribution in [0.5, 0.6) is 0 Å². The minimum atomic E-state index is -0.841. The highest BCUT2D eigenvalue weighted by Crippen LogP contribution is 2.35. The summed E-state index contributed by atoms with van der Waals surface area (Å²) < 4.78 is 10.1. The van der Waals surface area contributed by atoms with E-state index >= 15 is 0 Å². The number of imide groups is 1. The molecule has 0 atom stereocenters. The third-order valence-corrected chi connectivity index (χ3v) is 7.21. The molecule has 2 aliphatic rings. The molecular formula is C23H31N3O7S. The van der Waals surface area contributed by atoms with Crippen molar-refractivity contribution in [3.05, 3.63) is 16.0 Å². The number of anilines is 1. The Bertz CT molecular complexity index is 981. The Morgan fingerprint density at radius 1 is 1.12 bits per heavy atom. The second-order valence-electron chi connectivity index (χ2n) is 8.40. The number of aryl methyl sites for hydroxylation is 1.